The first kappa shape index (κ1) is 29.3. The van der Waals surface area contributed by atoms with E-state index in [1.165, 1.54) is 21.1 Å². The van der Waals surface area contributed by atoms with Gasteiger partial charge in [0.2, 0.25) is 0 Å². The van der Waals surface area contributed by atoms with Gasteiger partial charge in [-0.2, -0.15) is 5.26 Å². The highest BCUT2D eigenvalue weighted by Gasteiger charge is 2.62. The maximum Gasteiger partial charge on any atom is 0.319 e. The summed E-state index contributed by atoms with van der Waals surface area (Å²) in [4.78, 5) is 27.8. The Hall–Kier alpha value is -4.72. The molecule has 0 aliphatic heterocycles. The van der Waals surface area contributed by atoms with Gasteiger partial charge in [-0.1, -0.05) is 84.9 Å². The summed E-state index contributed by atoms with van der Waals surface area (Å²) in [7, 11) is -0.873. The molecule has 6 nitrogen and oxygen atoms in total. The molecule has 0 heterocycles. The van der Waals surface area contributed by atoms with Gasteiger partial charge in [0, 0.05) is 0 Å². The van der Waals surface area contributed by atoms with Crippen molar-refractivity contribution in [1.29, 1.82) is 5.26 Å². The number of Topliss-reactive ketones (excluding diaryl/α,β-unsaturated/α-hetero) is 1. The molecule has 0 saturated heterocycles. The first-order valence-corrected chi connectivity index (χ1v) is 14.8. The Bertz CT molecular complexity index is 1470. The van der Waals surface area contributed by atoms with Crippen molar-refractivity contribution in [3.05, 3.63) is 138 Å². The highest BCUT2D eigenvalue weighted by Crippen LogP contribution is 2.67. The molecule has 0 radical (unpaired) electrons. The minimum absolute atomic E-state index is 0.00365. The molecule has 2 atom stereocenters. The van der Waals surface area contributed by atoms with Crippen LogP contribution in [0.3, 0.4) is 0 Å². The van der Waals surface area contributed by atoms with E-state index < -0.39 is 36.3 Å². The summed E-state index contributed by atoms with van der Waals surface area (Å²) in [5, 5.41) is 27.4. The van der Waals surface area contributed by atoms with Crippen LogP contribution in [0, 0.1) is 17.2 Å². The third-order valence-electron chi connectivity index (χ3n) is 7.29. The number of nitrogens with zero attached hydrogens (tertiary/aromatic N) is 1. The van der Waals surface area contributed by atoms with E-state index in [4.69, 9.17) is 9.47 Å². The van der Waals surface area contributed by atoms with Crippen LogP contribution in [0.1, 0.15) is 12.5 Å². The minimum atomic E-state index is -3.29. The lowest BCUT2D eigenvalue weighted by atomic mass is 9.68. The molecule has 4 aromatic carbocycles. The van der Waals surface area contributed by atoms with Gasteiger partial charge in [-0.25, -0.2) is 0 Å². The lowest BCUT2D eigenvalue weighted by molar-refractivity contribution is -0.354. The van der Waals surface area contributed by atoms with E-state index in [2.05, 4.69) is 6.07 Å². The lowest BCUT2D eigenvalue weighted by Gasteiger charge is -2.39. The first-order valence-electron chi connectivity index (χ1n) is 13.0. The van der Waals surface area contributed by atoms with Gasteiger partial charge < -0.3 is 14.6 Å². The fourth-order valence-corrected chi connectivity index (χ4v) is 10.1. The van der Waals surface area contributed by atoms with Crippen molar-refractivity contribution >= 4 is 34.9 Å². The standard InChI is InChI=1S/C34H30NO5P/c1-25(36)34(24-35,26-16-8-4-9-17-26)30(32(37)39-2)31(33(38)40-3)41(27-18-10-5-11-19-27,28-20-12-6-13-21-28)29-22-14-7-15-23-29/h4-23,30H,1-3H3/b33-31+. The van der Waals surface area contributed by atoms with Crippen LogP contribution in [-0.2, 0) is 24.5 Å². The summed E-state index contributed by atoms with van der Waals surface area (Å²) < 4.78 is 10.8. The van der Waals surface area contributed by atoms with E-state index in [-0.39, 0.29) is 10.9 Å². The lowest BCUT2D eigenvalue weighted by Crippen LogP contribution is -2.49. The molecule has 206 valence electrons. The molecule has 7 heteroatoms. The number of esters is 1. The second kappa shape index (κ2) is 12.6. The average Bonchev–Trinajstić information content (AvgIpc) is 3.03. The number of nitriles is 1. The van der Waals surface area contributed by atoms with Crippen molar-refractivity contribution in [3.8, 4) is 6.07 Å². The molecule has 0 bridgehead atoms. The number of carbonyl (C=O) groups excluding carboxylic acids is 2. The SMILES string of the molecule is COC(=O)C(/C(=C(/[O-])OC)[P+](c1ccccc1)(c1ccccc1)c1ccccc1)C(C#N)(C(C)=O)c1ccccc1. The Labute approximate surface area is 240 Å². The smallest absolute Gasteiger partial charge is 0.319 e. The Morgan fingerprint density at radius 3 is 1.44 bits per heavy atom. The van der Waals surface area contributed by atoms with E-state index >= 15 is 0 Å². The number of rotatable bonds is 10. The molecule has 0 spiro atoms. The van der Waals surface area contributed by atoms with Gasteiger partial charge >= 0.3 is 5.97 Å². The number of carbonyl (C=O) groups is 2. The number of benzene rings is 4. The second-order valence-corrected chi connectivity index (χ2v) is 12.7. The first-order chi connectivity index (χ1) is 19.9. The minimum Gasteiger partial charge on any atom is -0.614 e. The Morgan fingerprint density at radius 1 is 0.732 bits per heavy atom. The van der Waals surface area contributed by atoms with Crippen LogP contribution in [0.25, 0.3) is 0 Å². The molecular weight excluding hydrogens is 533 g/mol. The molecule has 2 unspecified atom stereocenters. The van der Waals surface area contributed by atoms with Gasteiger partial charge in [-0.3, -0.25) is 9.59 Å². The molecule has 0 saturated carbocycles. The Morgan fingerprint density at radius 2 is 1.12 bits per heavy atom. The van der Waals surface area contributed by atoms with E-state index in [9.17, 15) is 20.0 Å². The molecule has 4 rings (SSSR count). The normalized spacial score (nSPS) is 14.0. The van der Waals surface area contributed by atoms with Gasteiger partial charge in [-0.15, -0.1) is 0 Å². The van der Waals surface area contributed by atoms with E-state index in [0.717, 1.165) is 15.9 Å². The molecule has 41 heavy (non-hydrogen) atoms. The van der Waals surface area contributed by atoms with Crippen molar-refractivity contribution in [2.24, 2.45) is 5.92 Å². The summed E-state index contributed by atoms with van der Waals surface area (Å²) in [5.74, 6) is -3.94. The highest BCUT2D eigenvalue weighted by atomic mass is 31.2. The zero-order valence-corrected chi connectivity index (χ0v) is 24.0. The number of hydrogen-bond donors (Lipinski definition) is 0. The van der Waals surface area contributed by atoms with Gasteiger partial charge in [0.25, 0.3) is 0 Å². The predicted octanol–water partition coefficient (Wildman–Crippen LogP) is 4.00. The van der Waals surface area contributed by atoms with Gasteiger partial charge in [-0.05, 0) is 56.0 Å². The maximum atomic E-state index is 14.3. The van der Waals surface area contributed by atoms with Crippen molar-refractivity contribution in [1.82, 2.24) is 0 Å². The van der Waals surface area contributed by atoms with Crippen molar-refractivity contribution in [3.63, 3.8) is 0 Å². The summed E-state index contributed by atoms with van der Waals surface area (Å²) in [6, 6.07) is 38.7. The van der Waals surface area contributed by atoms with Crippen LogP contribution < -0.4 is 21.0 Å². The summed E-state index contributed by atoms with van der Waals surface area (Å²) >= 11 is 0. The number of hydrogen-bond acceptors (Lipinski definition) is 6. The van der Waals surface area contributed by atoms with Crippen molar-refractivity contribution < 1.29 is 24.2 Å². The number of ketones is 1. The van der Waals surface area contributed by atoms with E-state index in [1.807, 2.05) is 91.0 Å². The molecule has 0 aromatic heterocycles. The van der Waals surface area contributed by atoms with Crippen LogP contribution in [0.15, 0.2) is 133 Å². The predicted molar refractivity (Wildman–Crippen MR) is 159 cm³/mol. The zero-order valence-electron chi connectivity index (χ0n) is 23.1. The second-order valence-electron chi connectivity index (χ2n) is 9.35. The molecule has 0 amide bonds. The highest BCUT2D eigenvalue weighted by molar-refractivity contribution is 7.99. The topological polar surface area (TPSA) is 99.4 Å². The Balaban J connectivity index is 2.30. The molecule has 0 N–H and O–H groups in total. The van der Waals surface area contributed by atoms with Crippen LogP contribution in [-0.4, -0.2) is 26.0 Å². The monoisotopic (exact) mass is 563 g/mol. The van der Waals surface area contributed by atoms with Gasteiger partial charge in [0.05, 0.1) is 19.1 Å². The molecular formula is C34H30NO5P. The van der Waals surface area contributed by atoms with Crippen LogP contribution in [0.2, 0.25) is 0 Å². The molecule has 0 aliphatic rings. The zero-order chi connectivity index (χ0) is 29.5. The van der Waals surface area contributed by atoms with E-state index in [0.29, 0.717) is 0 Å². The fourth-order valence-electron chi connectivity index (χ4n) is 5.47. The fraction of sp³-hybridized carbons (Fsp3) is 0.147. The van der Waals surface area contributed by atoms with Gasteiger partial charge in [0.15, 0.2) is 11.2 Å². The summed E-state index contributed by atoms with van der Waals surface area (Å²) in [6.45, 7) is 1.26. The average molecular weight is 564 g/mol. The number of ether oxygens (including phenoxy) is 2. The third kappa shape index (κ3) is 5.01. The van der Waals surface area contributed by atoms with Gasteiger partial charge in [0.1, 0.15) is 34.4 Å². The summed E-state index contributed by atoms with van der Waals surface area (Å²) in [5.41, 5.74) is -1.82. The largest absolute Gasteiger partial charge is 0.614 e. The van der Waals surface area contributed by atoms with E-state index in [1.54, 1.807) is 30.3 Å². The van der Waals surface area contributed by atoms with Crippen LogP contribution in [0.5, 0.6) is 0 Å². The number of methoxy groups -OCH3 is 2. The van der Waals surface area contributed by atoms with Crippen molar-refractivity contribution in [2.45, 2.75) is 12.3 Å². The quantitative estimate of drug-likeness (QED) is 0.164. The maximum absolute atomic E-state index is 14.3. The summed E-state index contributed by atoms with van der Waals surface area (Å²) in [6.07, 6.45) is 0. The Kier molecular flexibility index (Phi) is 9.02. The third-order valence-corrected chi connectivity index (χ3v) is 11.7. The van der Waals surface area contributed by atoms with Crippen LogP contribution in [0.4, 0.5) is 0 Å². The van der Waals surface area contributed by atoms with Crippen LogP contribution >= 0.6 is 7.26 Å². The van der Waals surface area contributed by atoms with Crippen molar-refractivity contribution in [2.75, 3.05) is 14.2 Å². The molecule has 0 fully saturated rings. The molecule has 4 aromatic rings. The molecule has 0 aliphatic carbocycles.